The van der Waals surface area contributed by atoms with Gasteiger partial charge in [-0.3, -0.25) is 4.79 Å². The van der Waals surface area contributed by atoms with Crippen molar-refractivity contribution in [2.75, 3.05) is 6.61 Å². The molecule has 5 nitrogen and oxygen atoms in total. The van der Waals surface area contributed by atoms with Gasteiger partial charge in [0.05, 0.1) is 16.8 Å². The quantitative estimate of drug-likeness (QED) is 0.586. The van der Waals surface area contributed by atoms with E-state index >= 15 is 0 Å². The Bertz CT molecular complexity index is 1050. The number of carbonyl (C=O) groups excluding carboxylic acids is 2. The Hall–Kier alpha value is -3.21. The maximum Gasteiger partial charge on any atom is 0.339 e. The van der Waals surface area contributed by atoms with Gasteiger partial charge < -0.3 is 9.64 Å². The van der Waals surface area contributed by atoms with Crippen LogP contribution in [0.4, 0.5) is 0 Å². The first-order chi connectivity index (χ1) is 14.5. The molecule has 154 valence electrons. The third kappa shape index (κ3) is 4.06. The highest BCUT2D eigenvalue weighted by molar-refractivity contribution is 6.05. The summed E-state index contributed by atoms with van der Waals surface area (Å²) in [6.45, 7) is 3.86. The van der Waals surface area contributed by atoms with Crippen LogP contribution in [0.25, 0.3) is 22.2 Å². The van der Waals surface area contributed by atoms with Crippen LogP contribution in [0.3, 0.4) is 0 Å². The third-order valence-electron chi connectivity index (χ3n) is 5.81. The van der Waals surface area contributed by atoms with Crippen LogP contribution in [-0.4, -0.2) is 40.5 Å². The van der Waals surface area contributed by atoms with Gasteiger partial charge in [-0.1, -0.05) is 48.5 Å². The lowest BCUT2D eigenvalue weighted by molar-refractivity contribution is -0.140. The highest BCUT2D eigenvalue weighted by Gasteiger charge is 2.29. The maximum absolute atomic E-state index is 13.0. The molecule has 1 aliphatic rings. The number of piperidine rings is 1. The molecule has 0 saturated carbocycles. The van der Waals surface area contributed by atoms with Crippen molar-refractivity contribution in [2.45, 2.75) is 45.2 Å². The van der Waals surface area contributed by atoms with Gasteiger partial charge in [-0.05, 0) is 45.2 Å². The van der Waals surface area contributed by atoms with Crippen molar-refractivity contribution >= 4 is 22.8 Å². The van der Waals surface area contributed by atoms with E-state index in [-0.39, 0.29) is 24.6 Å². The summed E-state index contributed by atoms with van der Waals surface area (Å²) in [7, 11) is 0. The molecule has 30 heavy (non-hydrogen) atoms. The summed E-state index contributed by atoms with van der Waals surface area (Å²) in [5, 5.41) is 0.717. The molecule has 3 aromatic rings. The molecule has 0 aliphatic carbocycles. The second-order valence-electron chi connectivity index (χ2n) is 7.94. The van der Waals surface area contributed by atoms with Crippen molar-refractivity contribution in [2.24, 2.45) is 0 Å². The average Bonchev–Trinajstić information content (AvgIpc) is 2.77. The normalized spacial score (nSPS) is 18.9. The highest BCUT2D eigenvalue weighted by Crippen LogP contribution is 2.26. The number of likely N-dealkylation sites (tertiary alicyclic amines) is 1. The fraction of sp³-hybridized carbons (Fsp3) is 0.320. The van der Waals surface area contributed by atoms with Gasteiger partial charge in [0.1, 0.15) is 0 Å². The van der Waals surface area contributed by atoms with Gasteiger partial charge in [0.25, 0.3) is 5.91 Å². The Morgan fingerprint density at radius 1 is 1.00 bits per heavy atom. The van der Waals surface area contributed by atoms with Crippen molar-refractivity contribution in [1.82, 2.24) is 9.88 Å². The number of ether oxygens (including phenoxy) is 1. The van der Waals surface area contributed by atoms with Crippen LogP contribution in [-0.2, 0) is 9.53 Å². The van der Waals surface area contributed by atoms with Gasteiger partial charge in [0, 0.05) is 23.0 Å². The highest BCUT2D eigenvalue weighted by atomic mass is 16.5. The number of benzene rings is 2. The van der Waals surface area contributed by atoms with Crippen molar-refractivity contribution in [3.05, 3.63) is 66.2 Å². The second-order valence-corrected chi connectivity index (χ2v) is 7.94. The van der Waals surface area contributed by atoms with Gasteiger partial charge in [-0.2, -0.15) is 0 Å². The molecule has 1 fully saturated rings. The van der Waals surface area contributed by atoms with Crippen molar-refractivity contribution in [3.63, 3.8) is 0 Å². The zero-order valence-corrected chi connectivity index (χ0v) is 17.4. The largest absolute Gasteiger partial charge is 0.452 e. The molecule has 2 aromatic carbocycles. The molecule has 1 amide bonds. The summed E-state index contributed by atoms with van der Waals surface area (Å²) in [6.07, 6.45) is 3.09. The summed E-state index contributed by atoms with van der Waals surface area (Å²) in [6, 6.07) is 19.3. The Balaban J connectivity index is 1.59. The van der Waals surface area contributed by atoms with Crippen LogP contribution in [0, 0.1) is 0 Å². The van der Waals surface area contributed by atoms with Crippen LogP contribution in [0.5, 0.6) is 0 Å². The molecular weight excluding hydrogens is 376 g/mol. The van der Waals surface area contributed by atoms with E-state index in [1.54, 1.807) is 6.07 Å². The summed E-state index contributed by atoms with van der Waals surface area (Å²) in [5.41, 5.74) is 2.76. The number of para-hydroxylation sites is 1. The van der Waals surface area contributed by atoms with Crippen LogP contribution < -0.4 is 0 Å². The van der Waals surface area contributed by atoms with Crippen LogP contribution >= 0.6 is 0 Å². The van der Waals surface area contributed by atoms with Crippen LogP contribution in [0.2, 0.25) is 0 Å². The molecule has 1 saturated heterocycles. The predicted octanol–water partition coefficient (Wildman–Crippen LogP) is 4.85. The molecule has 0 unspecified atom stereocenters. The van der Waals surface area contributed by atoms with Gasteiger partial charge in [-0.25, -0.2) is 9.78 Å². The van der Waals surface area contributed by atoms with E-state index in [2.05, 4.69) is 13.8 Å². The van der Waals surface area contributed by atoms with Gasteiger partial charge in [0.15, 0.2) is 6.61 Å². The minimum atomic E-state index is -0.503. The SMILES string of the molecule is C[C@@H]1CCC[C@@H](C)N1C(=O)COC(=O)c1cc(-c2ccccc2)nc2ccccc12. The molecule has 2 heterocycles. The van der Waals surface area contributed by atoms with E-state index in [0.717, 1.165) is 30.3 Å². The number of hydrogen-bond acceptors (Lipinski definition) is 4. The average molecular weight is 402 g/mol. The van der Waals surface area contributed by atoms with E-state index in [0.29, 0.717) is 16.6 Å². The second kappa shape index (κ2) is 8.66. The molecule has 5 heteroatoms. The van der Waals surface area contributed by atoms with E-state index in [1.165, 1.54) is 0 Å². The maximum atomic E-state index is 13.0. The number of hydrogen-bond donors (Lipinski definition) is 0. The topological polar surface area (TPSA) is 59.5 Å². The number of rotatable bonds is 4. The Labute approximate surface area is 176 Å². The Morgan fingerprint density at radius 3 is 2.40 bits per heavy atom. The standard InChI is InChI=1S/C25H26N2O3/c1-17-9-8-10-18(2)27(17)24(28)16-30-25(29)21-15-23(19-11-4-3-5-12-19)26-22-14-7-6-13-20(21)22/h3-7,11-15,17-18H,8-10,16H2,1-2H3/t17-,18-/m1/s1. The fourth-order valence-electron chi connectivity index (χ4n) is 4.29. The van der Waals surface area contributed by atoms with E-state index in [9.17, 15) is 9.59 Å². The van der Waals surface area contributed by atoms with Crippen molar-refractivity contribution in [3.8, 4) is 11.3 Å². The molecular formula is C25H26N2O3. The summed E-state index contributed by atoms with van der Waals surface area (Å²) in [5.74, 6) is -0.638. The molecule has 4 rings (SSSR count). The first-order valence-electron chi connectivity index (χ1n) is 10.5. The fourth-order valence-corrected chi connectivity index (χ4v) is 4.29. The lowest BCUT2D eigenvalue weighted by Crippen LogP contribution is -2.49. The van der Waals surface area contributed by atoms with E-state index in [1.807, 2.05) is 59.5 Å². The van der Waals surface area contributed by atoms with E-state index in [4.69, 9.17) is 9.72 Å². The first kappa shape index (κ1) is 20.1. The molecule has 2 atom stereocenters. The van der Waals surface area contributed by atoms with Gasteiger partial charge >= 0.3 is 5.97 Å². The van der Waals surface area contributed by atoms with Gasteiger partial charge in [-0.15, -0.1) is 0 Å². The molecule has 0 N–H and O–H groups in total. The zero-order chi connectivity index (χ0) is 21.1. The number of nitrogens with zero attached hydrogens (tertiary/aromatic N) is 2. The summed E-state index contributed by atoms with van der Waals surface area (Å²) < 4.78 is 5.48. The Kier molecular flexibility index (Phi) is 5.79. The Morgan fingerprint density at radius 2 is 1.67 bits per heavy atom. The summed E-state index contributed by atoms with van der Waals surface area (Å²) >= 11 is 0. The van der Waals surface area contributed by atoms with Crippen LogP contribution in [0.15, 0.2) is 60.7 Å². The predicted molar refractivity (Wildman–Crippen MR) is 117 cm³/mol. The number of fused-ring (bicyclic) bond motifs is 1. The summed E-state index contributed by atoms with van der Waals surface area (Å²) in [4.78, 5) is 32.3. The first-order valence-corrected chi connectivity index (χ1v) is 10.5. The molecule has 0 bridgehead atoms. The van der Waals surface area contributed by atoms with Crippen molar-refractivity contribution in [1.29, 1.82) is 0 Å². The monoisotopic (exact) mass is 402 g/mol. The van der Waals surface area contributed by atoms with Crippen molar-refractivity contribution < 1.29 is 14.3 Å². The third-order valence-corrected chi connectivity index (χ3v) is 5.81. The lowest BCUT2D eigenvalue weighted by atomic mass is 9.97. The number of esters is 1. The molecule has 1 aliphatic heterocycles. The van der Waals surface area contributed by atoms with Crippen LogP contribution in [0.1, 0.15) is 43.5 Å². The minimum Gasteiger partial charge on any atom is -0.452 e. The number of pyridine rings is 1. The van der Waals surface area contributed by atoms with E-state index < -0.39 is 5.97 Å². The minimum absolute atomic E-state index is 0.135. The number of carbonyl (C=O) groups is 2. The zero-order valence-electron chi connectivity index (χ0n) is 17.4. The molecule has 1 aromatic heterocycles. The smallest absolute Gasteiger partial charge is 0.339 e. The number of amides is 1. The molecule has 0 spiro atoms. The lowest BCUT2D eigenvalue weighted by Gasteiger charge is -2.38. The van der Waals surface area contributed by atoms with Gasteiger partial charge in [0.2, 0.25) is 0 Å². The molecule has 0 radical (unpaired) electrons. The number of aromatic nitrogens is 1.